The van der Waals surface area contributed by atoms with Crippen LogP contribution in [0.25, 0.3) is 72.1 Å². The van der Waals surface area contributed by atoms with Crippen LogP contribution in [-0.2, 0) is 37.3 Å². The molecule has 486 valence electrons. The molecule has 1 aliphatic rings. The van der Waals surface area contributed by atoms with E-state index in [1.54, 1.807) is 96.4 Å². The number of anilines is 4. The monoisotopic (exact) mass is 1500 g/mol. The minimum atomic E-state index is -6.53. The molecule has 1 aliphatic heterocycles. The third-order valence-electron chi connectivity index (χ3n) is 17.2. The van der Waals surface area contributed by atoms with Crippen LogP contribution >= 0.6 is 0 Å². The van der Waals surface area contributed by atoms with Gasteiger partial charge < -0.3 is 19.1 Å². The summed E-state index contributed by atoms with van der Waals surface area (Å²) in [6.07, 6.45) is 1.16. The van der Waals surface area contributed by atoms with E-state index in [-0.39, 0.29) is 83.1 Å². The SMILES string of the molecule is [2H]c1c([2H])c([2H])c(-c2cc(-c3c([2H])c([2H])c([2H])c([Si](c4c([2H])c([2H])c([2H])c([2H])c4[2H])(c4c([2H])c([2H])c([2H])c([2H])c4[2H])c4c([2H])c([2H])c([2H])c([2H])c4[2H])c3[2H])c(N3[CH-]N(c4[c-]c(Oc5[c-]c6c(cc5)c5ccccc5n6-c5cc(C([2H])([2H])[2H])c(-c6c([2H])c([2H])c([2H])c([2H])c6[2H])cn5)ccc4)c4cc(-c5cc(C(C)(C)C)cc(C(C)(C)C)c5)ccc43)c(C(C)(C)C)c2)c([2H])c1[2H].[Pt]. The van der Waals surface area contributed by atoms with Crippen LogP contribution < -0.4 is 35.3 Å². The molecule has 5 nitrogen and oxygen atoms in total. The summed E-state index contributed by atoms with van der Waals surface area (Å²) < 4.78 is 308. The Bertz CT molecular complexity index is 6870. The molecule has 3 heterocycles. The molecule has 0 amide bonds. The average Bonchev–Trinajstić information content (AvgIpc) is 0.735. The van der Waals surface area contributed by atoms with Gasteiger partial charge >= 0.3 is 0 Å². The van der Waals surface area contributed by atoms with Crippen LogP contribution in [-0.4, -0.2) is 17.6 Å². The van der Waals surface area contributed by atoms with Crippen molar-refractivity contribution in [3.63, 3.8) is 0 Å². The standard InChI is InChI=1S/C91H79N4OSi.Pt/c1-62-50-87(92-60-81(62)64-32-18-12-19-33-64)95-83-45-27-26-44-78(83)79-48-47-73(59-85(79)95)96-72-36-29-35-71(58-72)93-61-94(84-49-46-65(56-86(84)93)67-51-69(89(2,3)4)57-70(52-67)90(5,6)7)88-80(54-68(55-82(88)91(8,9)10)63-30-16-11-17-31-63)66-34-28-43-77(53-66)97(74-37-20-13-21-38-74,75-39-22-14-23-40-75)76-41-24-15-25-42-76;/h11-57,60-61H,1-10H3;/q-3;/i1D3,11D,12D,13D,14D,15D,16D,17D,18D,19D,20D,21D,22D,23D,24D,25D,28D,30D,31D,32D,33D,34D,37D,38D,39D,40D,41D,42D,43D,53D;. The molecule has 0 saturated carbocycles. The van der Waals surface area contributed by atoms with Crippen molar-refractivity contribution >= 4 is 73.4 Å². The molecule has 0 bridgehead atoms. The summed E-state index contributed by atoms with van der Waals surface area (Å²) >= 11 is 0. The number of benzene rings is 12. The van der Waals surface area contributed by atoms with E-state index in [4.69, 9.17) is 28.9 Å². The molecular formula is C91H79N4OPtSi-3. The molecule has 0 fully saturated rings. The van der Waals surface area contributed by atoms with Crippen LogP contribution in [0.3, 0.4) is 0 Å². The molecule has 15 rings (SSSR count). The molecule has 0 spiro atoms. The quantitative estimate of drug-likeness (QED) is 0.0654. The number of para-hydroxylation sites is 1. The number of fused-ring (bicyclic) bond motifs is 4. The summed E-state index contributed by atoms with van der Waals surface area (Å²) in [6.45, 7) is 16.5. The van der Waals surface area contributed by atoms with Crippen LogP contribution in [0.2, 0.25) is 0 Å². The van der Waals surface area contributed by atoms with Crippen LogP contribution in [0.4, 0.5) is 22.7 Å². The van der Waals surface area contributed by atoms with Gasteiger partial charge in [0.25, 0.3) is 0 Å². The maximum absolute atomic E-state index is 11.3. The Labute approximate surface area is 639 Å². The zero-order chi connectivity index (χ0) is 94.5. The van der Waals surface area contributed by atoms with Crippen molar-refractivity contribution in [3.8, 4) is 61.8 Å². The van der Waals surface area contributed by atoms with Gasteiger partial charge in [-0.25, -0.2) is 4.98 Å². The van der Waals surface area contributed by atoms with Gasteiger partial charge in [0.1, 0.15) is 5.82 Å². The van der Waals surface area contributed by atoms with Crippen molar-refractivity contribution < 1.29 is 69.7 Å². The Morgan fingerprint density at radius 2 is 1.04 bits per heavy atom. The second-order valence-electron chi connectivity index (χ2n) is 26.6. The molecular weight excluding hydrogens is 1390 g/mol. The van der Waals surface area contributed by atoms with Gasteiger partial charge in [-0.1, -0.05) is 286 Å². The van der Waals surface area contributed by atoms with Gasteiger partial charge in [0.05, 0.1) is 39.8 Å². The maximum Gasteiger partial charge on any atom is 0.179 e. The fraction of sp³-hybridized carbons (Fsp3) is 0.143. The first-order valence-corrected chi connectivity index (χ1v) is 33.2. The number of pyridine rings is 1. The summed E-state index contributed by atoms with van der Waals surface area (Å²) in [5.74, 6) is 0.215. The van der Waals surface area contributed by atoms with E-state index < -0.39 is 238 Å². The van der Waals surface area contributed by atoms with Gasteiger partial charge in [0, 0.05) is 76.6 Å². The second-order valence-corrected chi connectivity index (χ2v) is 30.1. The number of rotatable bonds is 13. The molecule has 12 aromatic carbocycles. The number of nitrogens with zero attached hydrogens (tertiary/aromatic N) is 4. The van der Waals surface area contributed by atoms with Gasteiger partial charge in [-0.3, -0.25) is 0 Å². The van der Waals surface area contributed by atoms with Gasteiger partial charge in [0.2, 0.25) is 0 Å². The van der Waals surface area contributed by atoms with E-state index in [1.807, 2.05) is 24.3 Å². The first kappa shape index (κ1) is 37.6. The first-order valence-electron chi connectivity index (χ1n) is 47.2. The number of aryl methyl sites for hydroxylation is 1. The summed E-state index contributed by atoms with van der Waals surface area (Å²) in [5, 5.41) is -3.07. The summed E-state index contributed by atoms with van der Waals surface area (Å²) in [5.41, 5.74) is 0.671. The van der Waals surface area contributed by atoms with Crippen LogP contribution in [0.5, 0.6) is 11.5 Å². The van der Waals surface area contributed by atoms with E-state index in [9.17, 15) is 24.7 Å². The van der Waals surface area contributed by atoms with Crippen molar-refractivity contribution in [2.24, 2.45) is 0 Å². The smallest absolute Gasteiger partial charge is 0.179 e. The maximum atomic E-state index is 11.3. The third-order valence-corrected chi connectivity index (χ3v) is 21.2. The summed E-state index contributed by atoms with van der Waals surface area (Å²) in [4.78, 5) is 8.12. The Balaban J connectivity index is 0.0000136. The van der Waals surface area contributed by atoms with Crippen molar-refractivity contribution in [2.75, 3.05) is 9.80 Å². The van der Waals surface area contributed by atoms with E-state index >= 15 is 0 Å². The van der Waals surface area contributed by atoms with Crippen molar-refractivity contribution in [1.82, 2.24) is 9.55 Å². The van der Waals surface area contributed by atoms with Crippen LogP contribution in [0.1, 0.15) is 128 Å². The van der Waals surface area contributed by atoms with Gasteiger partial charge in [-0.15, -0.1) is 48.1 Å². The molecule has 0 aliphatic carbocycles. The van der Waals surface area contributed by atoms with Crippen molar-refractivity contribution in [1.29, 1.82) is 0 Å². The van der Waals surface area contributed by atoms with Crippen LogP contribution in [0.15, 0.2) is 291 Å². The Morgan fingerprint density at radius 3 is 1.66 bits per heavy atom. The molecule has 0 radical (unpaired) electrons. The van der Waals surface area contributed by atoms with Crippen LogP contribution in [0, 0.1) is 25.7 Å². The predicted molar refractivity (Wildman–Crippen MR) is 410 cm³/mol. The largest absolute Gasteiger partial charge is 0.509 e. The van der Waals surface area contributed by atoms with E-state index in [1.165, 1.54) is 12.1 Å². The number of aromatic nitrogens is 2. The number of hydrogen-bond acceptors (Lipinski definition) is 4. The fourth-order valence-corrected chi connectivity index (χ4v) is 15.9. The van der Waals surface area contributed by atoms with E-state index in [0.29, 0.717) is 38.7 Å². The molecule has 14 aromatic rings. The zero-order valence-electron chi connectivity index (χ0n) is 86.6. The molecule has 0 atom stereocenters. The molecule has 0 unspecified atom stereocenters. The third kappa shape index (κ3) is 12.1. The van der Waals surface area contributed by atoms with E-state index in [0.717, 1.165) is 22.9 Å². The van der Waals surface area contributed by atoms with Gasteiger partial charge in [-0.05, 0) is 141 Å². The predicted octanol–water partition coefficient (Wildman–Crippen LogP) is 21.2. The summed E-state index contributed by atoms with van der Waals surface area (Å²) in [6, 6.07) is 9.03. The number of hydrogen-bond donors (Lipinski definition) is 0. The number of ether oxygens (including phenoxy) is 1. The average molecular weight is 1500 g/mol. The molecule has 0 saturated heterocycles. The summed E-state index contributed by atoms with van der Waals surface area (Å²) in [7, 11) is -6.53. The Morgan fingerprint density at radius 1 is 0.459 bits per heavy atom. The molecule has 0 N–H and O–H groups in total. The van der Waals surface area contributed by atoms with Crippen molar-refractivity contribution in [3.05, 3.63) is 332 Å². The fourth-order valence-electron chi connectivity index (χ4n) is 12.4. The van der Waals surface area contributed by atoms with E-state index in [2.05, 4.69) is 71.9 Å². The van der Waals surface area contributed by atoms with Crippen molar-refractivity contribution in [2.45, 2.75) is 85.4 Å². The normalized spacial score (nSPS) is 17.4. The molecule has 2 aromatic heterocycles. The zero-order valence-corrected chi connectivity index (χ0v) is 57.8. The van der Waals surface area contributed by atoms with Gasteiger partial charge in [0.15, 0.2) is 8.07 Å². The molecule has 7 heteroatoms. The van der Waals surface area contributed by atoms with Gasteiger partial charge in [-0.2, -0.15) is 12.1 Å². The Hall–Kier alpha value is -10.1. The molecule has 98 heavy (non-hydrogen) atoms. The second kappa shape index (κ2) is 26.0. The minimum Gasteiger partial charge on any atom is -0.509 e. The topological polar surface area (TPSA) is 33.5 Å². The minimum absolute atomic E-state index is 0. The first-order chi connectivity index (χ1) is 60.1. The Kier molecular flexibility index (Phi) is 9.99.